The van der Waals surface area contributed by atoms with Gasteiger partial charge in [-0.05, 0) is 18.2 Å². The van der Waals surface area contributed by atoms with Gasteiger partial charge in [-0.2, -0.15) is 0 Å². The molecule has 92 valence electrons. The fourth-order valence-corrected chi connectivity index (χ4v) is 1.57. The Bertz CT molecular complexity index is 572. The Balaban J connectivity index is 2.35. The first-order valence-electron chi connectivity index (χ1n) is 5.34. The van der Waals surface area contributed by atoms with Crippen LogP contribution in [0.25, 0.3) is 0 Å². The molecule has 2 rings (SSSR count). The van der Waals surface area contributed by atoms with Gasteiger partial charge < -0.3 is 10.6 Å². The third-order valence-electron chi connectivity index (χ3n) is 2.59. The molecule has 0 aliphatic carbocycles. The van der Waals surface area contributed by atoms with E-state index in [0.29, 0.717) is 5.69 Å². The van der Waals surface area contributed by atoms with E-state index in [0.717, 1.165) is 0 Å². The normalized spacial score (nSPS) is 10.1. The van der Waals surface area contributed by atoms with Crippen LogP contribution in [0.5, 0.6) is 0 Å². The number of rotatable bonds is 2. The largest absolute Gasteiger partial charge is 0.381 e. The third-order valence-corrected chi connectivity index (χ3v) is 2.59. The number of benzene rings is 1. The molecule has 0 spiro atoms. The van der Waals surface area contributed by atoms with Crippen LogP contribution in [0, 0.1) is 5.82 Å². The number of carbonyl (C=O) groups is 1. The Morgan fingerprint density at radius 3 is 2.61 bits per heavy atom. The van der Waals surface area contributed by atoms with Crippen molar-refractivity contribution in [3.05, 3.63) is 54.0 Å². The van der Waals surface area contributed by atoms with E-state index < -0.39 is 11.7 Å². The first-order valence-corrected chi connectivity index (χ1v) is 5.34. The number of pyridine rings is 1. The van der Waals surface area contributed by atoms with Crippen molar-refractivity contribution in [2.75, 3.05) is 17.7 Å². The van der Waals surface area contributed by atoms with Crippen molar-refractivity contribution in [1.29, 1.82) is 0 Å². The van der Waals surface area contributed by atoms with Crippen molar-refractivity contribution in [2.24, 2.45) is 0 Å². The molecule has 2 aromatic rings. The molecule has 0 fully saturated rings. The van der Waals surface area contributed by atoms with Crippen LogP contribution in [0.15, 0.2) is 42.6 Å². The highest BCUT2D eigenvalue weighted by Gasteiger charge is 2.19. The van der Waals surface area contributed by atoms with Gasteiger partial charge in [-0.25, -0.2) is 9.37 Å². The molecule has 4 nitrogen and oxygen atoms in total. The van der Waals surface area contributed by atoms with Crippen LogP contribution in [0.2, 0.25) is 0 Å². The van der Waals surface area contributed by atoms with Gasteiger partial charge in [-0.15, -0.1) is 0 Å². The number of hydrogen-bond acceptors (Lipinski definition) is 3. The first kappa shape index (κ1) is 12.0. The van der Waals surface area contributed by atoms with E-state index in [1.165, 1.54) is 17.2 Å². The number of nitrogens with zero attached hydrogens (tertiary/aromatic N) is 2. The summed E-state index contributed by atoms with van der Waals surface area (Å²) in [5.74, 6) is -1.53. The zero-order valence-corrected chi connectivity index (χ0v) is 9.80. The molecule has 0 unspecified atom stereocenters. The summed E-state index contributed by atoms with van der Waals surface area (Å²) in [5, 5.41) is 0. The lowest BCUT2D eigenvalue weighted by molar-refractivity contribution is 0.0989. The second-order valence-electron chi connectivity index (χ2n) is 3.76. The maximum atomic E-state index is 13.7. The molecule has 0 saturated heterocycles. The molecule has 1 aromatic heterocycles. The van der Waals surface area contributed by atoms with Crippen molar-refractivity contribution >= 4 is 17.4 Å². The number of amides is 1. The predicted molar refractivity (Wildman–Crippen MR) is 67.8 cm³/mol. The Hall–Kier alpha value is -2.43. The quantitative estimate of drug-likeness (QED) is 0.881. The molecular weight excluding hydrogens is 233 g/mol. The van der Waals surface area contributed by atoms with Crippen molar-refractivity contribution in [1.82, 2.24) is 4.98 Å². The molecule has 0 aliphatic rings. The van der Waals surface area contributed by atoms with Gasteiger partial charge in [0.25, 0.3) is 5.91 Å². The van der Waals surface area contributed by atoms with Gasteiger partial charge in [0.2, 0.25) is 0 Å². The molecule has 0 aliphatic heterocycles. The Morgan fingerprint density at radius 2 is 1.94 bits per heavy atom. The highest BCUT2D eigenvalue weighted by Crippen LogP contribution is 2.18. The van der Waals surface area contributed by atoms with Crippen LogP contribution in [-0.2, 0) is 0 Å². The van der Waals surface area contributed by atoms with Gasteiger partial charge in [0.1, 0.15) is 0 Å². The van der Waals surface area contributed by atoms with Crippen LogP contribution in [0.4, 0.5) is 15.9 Å². The van der Waals surface area contributed by atoms with Crippen LogP contribution >= 0.6 is 0 Å². The molecule has 0 atom stereocenters. The highest BCUT2D eigenvalue weighted by atomic mass is 19.1. The number of nitrogen functional groups attached to an aromatic ring is 1. The zero-order chi connectivity index (χ0) is 13.1. The molecule has 18 heavy (non-hydrogen) atoms. The number of anilines is 2. The molecule has 1 amide bonds. The number of carbonyl (C=O) groups excluding carboxylic acids is 1. The van der Waals surface area contributed by atoms with E-state index in [-0.39, 0.29) is 11.4 Å². The van der Waals surface area contributed by atoms with Crippen molar-refractivity contribution < 1.29 is 9.18 Å². The van der Waals surface area contributed by atoms with Crippen molar-refractivity contribution in [2.45, 2.75) is 0 Å². The smallest absolute Gasteiger partial charge is 0.261 e. The number of aromatic nitrogens is 1. The maximum Gasteiger partial charge on any atom is 0.261 e. The summed E-state index contributed by atoms with van der Waals surface area (Å²) in [6.07, 6.45) is 1.31. The molecular formula is C13H12FN3O. The summed E-state index contributed by atoms with van der Waals surface area (Å²) < 4.78 is 13.7. The van der Waals surface area contributed by atoms with Crippen molar-refractivity contribution in [3.63, 3.8) is 0 Å². The van der Waals surface area contributed by atoms with Crippen LogP contribution in [-0.4, -0.2) is 17.9 Å². The standard InChI is InChI=1S/C13H12FN3O/c1-17(9-5-3-2-4-6-9)13(18)10-7-8-16-12(15)11(10)14/h2-8H,1H3,(H2,15,16). The Labute approximate surface area is 104 Å². The van der Waals surface area contributed by atoms with E-state index >= 15 is 0 Å². The number of para-hydroxylation sites is 1. The average Bonchev–Trinajstić information content (AvgIpc) is 2.41. The SMILES string of the molecule is CN(C(=O)c1ccnc(N)c1F)c1ccccc1. The van der Waals surface area contributed by atoms with E-state index in [1.54, 1.807) is 31.3 Å². The van der Waals surface area contributed by atoms with E-state index in [4.69, 9.17) is 5.73 Å². The van der Waals surface area contributed by atoms with Gasteiger partial charge in [0.15, 0.2) is 11.6 Å². The minimum Gasteiger partial charge on any atom is -0.381 e. The number of hydrogen-bond donors (Lipinski definition) is 1. The minimum absolute atomic E-state index is 0.0890. The fourth-order valence-electron chi connectivity index (χ4n) is 1.57. The highest BCUT2D eigenvalue weighted by molar-refractivity contribution is 6.06. The molecule has 1 aromatic carbocycles. The summed E-state index contributed by atoms with van der Waals surface area (Å²) in [6, 6.07) is 10.3. The van der Waals surface area contributed by atoms with E-state index in [9.17, 15) is 9.18 Å². The van der Waals surface area contributed by atoms with E-state index in [2.05, 4.69) is 4.98 Å². The molecule has 0 bridgehead atoms. The lowest BCUT2D eigenvalue weighted by Gasteiger charge is -2.17. The number of halogens is 1. The Kier molecular flexibility index (Phi) is 3.23. The molecule has 0 radical (unpaired) electrons. The number of nitrogens with two attached hydrogens (primary N) is 1. The summed E-state index contributed by atoms with van der Waals surface area (Å²) in [6.45, 7) is 0. The van der Waals surface area contributed by atoms with Gasteiger partial charge in [-0.3, -0.25) is 4.79 Å². The van der Waals surface area contributed by atoms with Gasteiger partial charge in [-0.1, -0.05) is 18.2 Å². The molecule has 2 N–H and O–H groups in total. The van der Waals surface area contributed by atoms with Gasteiger partial charge >= 0.3 is 0 Å². The van der Waals surface area contributed by atoms with Crippen molar-refractivity contribution in [3.8, 4) is 0 Å². The predicted octanol–water partition coefficient (Wildman–Crippen LogP) is 2.08. The van der Waals surface area contributed by atoms with Crippen LogP contribution in [0.3, 0.4) is 0 Å². The fraction of sp³-hybridized carbons (Fsp3) is 0.0769. The molecule has 0 saturated carbocycles. The third kappa shape index (κ3) is 2.15. The van der Waals surface area contributed by atoms with Gasteiger partial charge in [0, 0.05) is 18.9 Å². The maximum absolute atomic E-state index is 13.7. The average molecular weight is 245 g/mol. The summed E-state index contributed by atoms with van der Waals surface area (Å²) in [5.41, 5.74) is 5.93. The summed E-state index contributed by atoms with van der Waals surface area (Å²) in [4.78, 5) is 17.1. The zero-order valence-electron chi connectivity index (χ0n) is 9.80. The lowest BCUT2D eigenvalue weighted by Crippen LogP contribution is -2.27. The molecule has 1 heterocycles. The minimum atomic E-state index is -0.787. The first-order chi connectivity index (χ1) is 8.61. The van der Waals surface area contributed by atoms with Gasteiger partial charge in [0.05, 0.1) is 5.56 Å². The monoisotopic (exact) mass is 245 g/mol. The van der Waals surface area contributed by atoms with Crippen LogP contribution in [0.1, 0.15) is 10.4 Å². The molecule has 5 heteroatoms. The van der Waals surface area contributed by atoms with Crippen LogP contribution < -0.4 is 10.6 Å². The summed E-state index contributed by atoms with van der Waals surface area (Å²) in [7, 11) is 1.58. The second-order valence-corrected chi connectivity index (χ2v) is 3.76. The topological polar surface area (TPSA) is 59.2 Å². The van der Waals surface area contributed by atoms with E-state index in [1.807, 2.05) is 6.07 Å². The Morgan fingerprint density at radius 1 is 1.28 bits per heavy atom. The second kappa shape index (κ2) is 4.83. The summed E-state index contributed by atoms with van der Waals surface area (Å²) >= 11 is 0. The lowest BCUT2D eigenvalue weighted by atomic mass is 10.2.